The maximum atomic E-state index is 12.7. The van der Waals surface area contributed by atoms with E-state index in [1.54, 1.807) is 6.07 Å². The molecule has 130 valence electrons. The zero-order valence-corrected chi connectivity index (χ0v) is 14.8. The Kier molecular flexibility index (Phi) is 4.38. The van der Waals surface area contributed by atoms with Gasteiger partial charge in [0.1, 0.15) is 0 Å². The van der Waals surface area contributed by atoms with Crippen LogP contribution in [0.2, 0.25) is 5.02 Å². The summed E-state index contributed by atoms with van der Waals surface area (Å²) in [7, 11) is 0. The molecule has 3 heterocycles. The van der Waals surface area contributed by atoms with Gasteiger partial charge >= 0.3 is 0 Å². The summed E-state index contributed by atoms with van der Waals surface area (Å²) in [6.07, 6.45) is 2.21. The van der Waals surface area contributed by atoms with E-state index in [1.807, 2.05) is 45.9 Å². The second kappa shape index (κ2) is 6.68. The van der Waals surface area contributed by atoms with Crippen molar-refractivity contribution in [3.8, 4) is 0 Å². The standard InChI is InChI=1S/C20H21ClN2O2/c21-17-5-2-1-4-15(17)8-9-19(24)22-11-14-10-16(13-22)18-6-3-7-20(25)23(18)12-14/h1-7,14,16H,8-13H2. The second-order valence-corrected chi connectivity index (χ2v) is 7.50. The first-order valence-electron chi connectivity index (χ1n) is 8.83. The Morgan fingerprint density at radius 2 is 1.92 bits per heavy atom. The third-order valence-corrected chi connectivity index (χ3v) is 5.77. The van der Waals surface area contributed by atoms with Gasteiger partial charge < -0.3 is 9.47 Å². The van der Waals surface area contributed by atoms with Crippen molar-refractivity contribution in [1.29, 1.82) is 0 Å². The molecule has 1 saturated heterocycles. The van der Waals surface area contributed by atoms with Crippen LogP contribution in [0.25, 0.3) is 0 Å². The second-order valence-electron chi connectivity index (χ2n) is 7.09. The van der Waals surface area contributed by atoms with Crippen LogP contribution in [-0.2, 0) is 17.8 Å². The average Bonchev–Trinajstić information content (AvgIpc) is 2.61. The molecular formula is C20H21ClN2O2. The molecule has 1 aromatic heterocycles. The smallest absolute Gasteiger partial charge is 0.250 e. The van der Waals surface area contributed by atoms with E-state index in [1.165, 1.54) is 0 Å². The van der Waals surface area contributed by atoms with Crippen LogP contribution in [0.5, 0.6) is 0 Å². The Morgan fingerprint density at radius 3 is 2.76 bits per heavy atom. The summed E-state index contributed by atoms with van der Waals surface area (Å²) in [5.41, 5.74) is 2.17. The number of aromatic nitrogens is 1. The lowest BCUT2D eigenvalue weighted by Gasteiger charge is -2.42. The van der Waals surface area contributed by atoms with E-state index < -0.39 is 0 Å². The monoisotopic (exact) mass is 356 g/mol. The lowest BCUT2D eigenvalue weighted by Crippen LogP contribution is -2.49. The van der Waals surface area contributed by atoms with Crippen molar-refractivity contribution >= 4 is 17.5 Å². The van der Waals surface area contributed by atoms with E-state index in [0.717, 1.165) is 35.8 Å². The number of benzene rings is 1. The molecule has 1 amide bonds. The summed E-state index contributed by atoms with van der Waals surface area (Å²) in [6.45, 7) is 2.18. The van der Waals surface area contributed by atoms with E-state index in [0.29, 0.717) is 25.3 Å². The van der Waals surface area contributed by atoms with Crippen LogP contribution in [0.3, 0.4) is 0 Å². The van der Waals surface area contributed by atoms with Crippen LogP contribution in [0.4, 0.5) is 0 Å². The van der Waals surface area contributed by atoms with Crippen molar-refractivity contribution < 1.29 is 4.79 Å². The van der Waals surface area contributed by atoms with Gasteiger partial charge in [0.2, 0.25) is 5.91 Å². The molecule has 0 N–H and O–H groups in total. The Morgan fingerprint density at radius 1 is 1.08 bits per heavy atom. The molecular weight excluding hydrogens is 336 g/mol. The van der Waals surface area contributed by atoms with Gasteiger partial charge in [-0.15, -0.1) is 0 Å². The van der Waals surface area contributed by atoms with Crippen LogP contribution < -0.4 is 5.56 Å². The lowest BCUT2D eigenvalue weighted by atomic mass is 9.83. The fourth-order valence-corrected chi connectivity index (χ4v) is 4.43. The highest BCUT2D eigenvalue weighted by Crippen LogP contribution is 2.35. The minimum absolute atomic E-state index is 0.0747. The van der Waals surface area contributed by atoms with Gasteiger partial charge in [-0.1, -0.05) is 35.9 Å². The zero-order valence-electron chi connectivity index (χ0n) is 14.0. The number of rotatable bonds is 3. The van der Waals surface area contributed by atoms with Crippen molar-refractivity contribution in [2.75, 3.05) is 13.1 Å². The molecule has 2 aliphatic heterocycles. The summed E-state index contributed by atoms with van der Waals surface area (Å²) >= 11 is 6.19. The highest BCUT2D eigenvalue weighted by Gasteiger charge is 2.35. The van der Waals surface area contributed by atoms with Gasteiger partial charge in [0.05, 0.1) is 0 Å². The number of hydrogen-bond donors (Lipinski definition) is 0. The number of aryl methyl sites for hydroxylation is 1. The predicted octanol–water partition coefficient (Wildman–Crippen LogP) is 3.08. The normalized spacial score (nSPS) is 21.7. The number of hydrogen-bond acceptors (Lipinski definition) is 2. The molecule has 4 nitrogen and oxygen atoms in total. The SMILES string of the molecule is O=C(CCc1ccccc1Cl)N1CC2CC(C1)c1cccc(=O)n1C2. The molecule has 0 spiro atoms. The summed E-state index contributed by atoms with van der Waals surface area (Å²) in [4.78, 5) is 26.8. The van der Waals surface area contributed by atoms with Crippen molar-refractivity contribution in [3.63, 3.8) is 0 Å². The molecule has 4 rings (SSSR count). The minimum Gasteiger partial charge on any atom is -0.342 e. The van der Waals surface area contributed by atoms with Crippen molar-refractivity contribution in [2.45, 2.75) is 31.7 Å². The maximum absolute atomic E-state index is 12.7. The summed E-state index contributed by atoms with van der Waals surface area (Å²) < 4.78 is 1.89. The third kappa shape index (κ3) is 3.23. The quantitative estimate of drug-likeness (QED) is 0.848. The highest BCUT2D eigenvalue weighted by atomic mass is 35.5. The number of carbonyl (C=O) groups excluding carboxylic acids is 1. The number of fused-ring (bicyclic) bond motifs is 4. The van der Waals surface area contributed by atoms with Gasteiger partial charge in [0, 0.05) is 48.8 Å². The number of pyridine rings is 1. The highest BCUT2D eigenvalue weighted by molar-refractivity contribution is 6.31. The molecule has 1 aromatic carbocycles. The van der Waals surface area contributed by atoms with Gasteiger partial charge in [-0.2, -0.15) is 0 Å². The molecule has 2 aliphatic rings. The fraction of sp³-hybridized carbons (Fsp3) is 0.400. The van der Waals surface area contributed by atoms with Crippen molar-refractivity contribution in [2.24, 2.45) is 5.92 Å². The molecule has 2 bridgehead atoms. The zero-order chi connectivity index (χ0) is 17.4. The van der Waals surface area contributed by atoms with Crippen LogP contribution in [-0.4, -0.2) is 28.5 Å². The van der Waals surface area contributed by atoms with E-state index in [4.69, 9.17) is 11.6 Å². The van der Waals surface area contributed by atoms with Crippen LogP contribution >= 0.6 is 11.6 Å². The largest absolute Gasteiger partial charge is 0.342 e. The first-order valence-corrected chi connectivity index (χ1v) is 9.20. The number of carbonyl (C=O) groups is 1. The minimum atomic E-state index is 0.0747. The topological polar surface area (TPSA) is 42.3 Å². The number of amides is 1. The third-order valence-electron chi connectivity index (χ3n) is 5.40. The van der Waals surface area contributed by atoms with E-state index in [2.05, 4.69) is 0 Å². The number of piperidine rings is 1. The van der Waals surface area contributed by atoms with Crippen LogP contribution in [0.1, 0.15) is 30.0 Å². The number of likely N-dealkylation sites (tertiary alicyclic amines) is 1. The average molecular weight is 357 g/mol. The van der Waals surface area contributed by atoms with Gasteiger partial charge in [-0.3, -0.25) is 9.59 Å². The van der Waals surface area contributed by atoms with Gasteiger partial charge in [-0.05, 0) is 36.5 Å². The van der Waals surface area contributed by atoms with Gasteiger partial charge in [0.15, 0.2) is 0 Å². The predicted molar refractivity (Wildman–Crippen MR) is 97.9 cm³/mol. The lowest BCUT2D eigenvalue weighted by molar-refractivity contribution is -0.133. The Hall–Kier alpha value is -2.07. The van der Waals surface area contributed by atoms with Crippen molar-refractivity contribution in [1.82, 2.24) is 9.47 Å². The summed E-state index contributed by atoms with van der Waals surface area (Å²) in [6, 6.07) is 13.2. The first kappa shape index (κ1) is 16.4. The Bertz CT molecular complexity index is 861. The van der Waals surface area contributed by atoms with Crippen LogP contribution in [0.15, 0.2) is 47.3 Å². The molecule has 2 unspecified atom stereocenters. The number of halogens is 1. The molecule has 0 radical (unpaired) electrons. The van der Waals surface area contributed by atoms with Crippen LogP contribution in [0, 0.1) is 5.92 Å². The first-order chi connectivity index (χ1) is 12.1. The number of nitrogens with zero attached hydrogens (tertiary/aromatic N) is 2. The molecule has 1 fully saturated rings. The molecule has 0 saturated carbocycles. The van der Waals surface area contributed by atoms with Gasteiger partial charge in [-0.25, -0.2) is 0 Å². The van der Waals surface area contributed by atoms with E-state index >= 15 is 0 Å². The molecule has 2 atom stereocenters. The summed E-state index contributed by atoms with van der Waals surface area (Å²) in [5.74, 6) is 0.822. The molecule has 25 heavy (non-hydrogen) atoms. The Labute approximate surface area is 152 Å². The Balaban J connectivity index is 1.46. The van der Waals surface area contributed by atoms with E-state index in [9.17, 15) is 9.59 Å². The molecule has 0 aliphatic carbocycles. The fourth-order valence-electron chi connectivity index (χ4n) is 4.20. The van der Waals surface area contributed by atoms with E-state index in [-0.39, 0.29) is 17.4 Å². The molecule has 2 aromatic rings. The maximum Gasteiger partial charge on any atom is 0.250 e. The van der Waals surface area contributed by atoms with Crippen molar-refractivity contribution in [3.05, 3.63) is 69.1 Å². The summed E-state index contributed by atoms with van der Waals surface area (Å²) in [5, 5.41) is 0.721. The molecule has 5 heteroatoms. The van der Waals surface area contributed by atoms with Gasteiger partial charge in [0.25, 0.3) is 5.56 Å².